The SMILES string of the molecule is CN1C=CN(C)C1OP(C)(=O)OC1N(C)C=CN1C. The van der Waals surface area contributed by atoms with Crippen LogP contribution in [0.1, 0.15) is 0 Å². The number of hydrogen-bond acceptors (Lipinski definition) is 7. The highest BCUT2D eigenvalue weighted by Gasteiger charge is 2.34. The van der Waals surface area contributed by atoms with Crippen molar-refractivity contribution in [2.75, 3.05) is 34.9 Å². The molecule has 0 radical (unpaired) electrons. The molecule has 2 rings (SSSR count). The molecule has 7 nitrogen and oxygen atoms in total. The van der Waals surface area contributed by atoms with E-state index >= 15 is 0 Å². The Kier molecular flexibility index (Phi) is 3.80. The standard InChI is InChI=1S/C11H21N4O3P/c1-12-6-7-13(2)10(12)17-19(5,16)18-11-14(3)8-9-15(11)4/h6-11H,1-5H3. The minimum Gasteiger partial charge on any atom is -0.337 e. The average molecular weight is 288 g/mol. The number of rotatable bonds is 4. The summed E-state index contributed by atoms with van der Waals surface area (Å²) in [5.41, 5.74) is 0. The molecular weight excluding hydrogens is 267 g/mol. The first kappa shape index (κ1) is 14.2. The molecule has 0 N–H and O–H groups in total. The molecule has 108 valence electrons. The van der Waals surface area contributed by atoms with Gasteiger partial charge < -0.3 is 19.6 Å². The highest BCUT2D eigenvalue weighted by Crippen LogP contribution is 2.48. The van der Waals surface area contributed by atoms with E-state index in [1.807, 2.05) is 72.6 Å². The van der Waals surface area contributed by atoms with Crippen LogP contribution in [0, 0.1) is 0 Å². The van der Waals surface area contributed by atoms with E-state index in [0.717, 1.165) is 0 Å². The van der Waals surface area contributed by atoms with Gasteiger partial charge in [-0.2, -0.15) is 0 Å². The smallest absolute Gasteiger partial charge is 0.334 e. The molecule has 0 aromatic carbocycles. The van der Waals surface area contributed by atoms with Gasteiger partial charge in [0, 0.05) is 59.7 Å². The van der Waals surface area contributed by atoms with E-state index in [1.54, 1.807) is 0 Å². The summed E-state index contributed by atoms with van der Waals surface area (Å²) in [7, 11) is 4.26. The monoisotopic (exact) mass is 288 g/mol. The van der Waals surface area contributed by atoms with E-state index in [2.05, 4.69) is 0 Å². The molecule has 0 unspecified atom stereocenters. The summed E-state index contributed by atoms with van der Waals surface area (Å²) in [4.78, 5) is 7.33. The van der Waals surface area contributed by atoms with Gasteiger partial charge in [-0.15, -0.1) is 0 Å². The Bertz CT molecular complexity index is 382. The van der Waals surface area contributed by atoms with E-state index < -0.39 is 20.3 Å². The zero-order valence-corrected chi connectivity index (χ0v) is 12.8. The summed E-state index contributed by atoms with van der Waals surface area (Å²) < 4.78 is 23.7. The zero-order chi connectivity index (χ0) is 14.2. The minimum absolute atomic E-state index is 0.402. The molecule has 0 spiro atoms. The fraction of sp³-hybridized carbons (Fsp3) is 0.636. The summed E-state index contributed by atoms with van der Waals surface area (Å²) in [5.74, 6) is 0. The molecule has 0 bridgehead atoms. The van der Waals surface area contributed by atoms with E-state index in [9.17, 15) is 4.57 Å². The lowest BCUT2D eigenvalue weighted by Gasteiger charge is -2.33. The maximum atomic E-state index is 12.5. The van der Waals surface area contributed by atoms with Gasteiger partial charge >= 0.3 is 7.60 Å². The number of hydrogen-bond donors (Lipinski definition) is 0. The van der Waals surface area contributed by atoms with Gasteiger partial charge in [0.05, 0.1) is 0 Å². The molecule has 0 amide bonds. The highest BCUT2D eigenvalue weighted by atomic mass is 31.2. The Balaban J connectivity index is 1.97. The van der Waals surface area contributed by atoms with Crippen molar-refractivity contribution in [3.05, 3.63) is 24.8 Å². The maximum Gasteiger partial charge on any atom is 0.334 e. The van der Waals surface area contributed by atoms with E-state index in [0.29, 0.717) is 0 Å². The van der Waals surface area contributed by atoms with Crippen molar-refractivity contribution in [3.8, 4) is 0 Å². The van der Waals surface area contributed by atoms with Gasteiger partial charge in [0.25, 0.3) is 0 Å². The summed E-state index contributed by atoms with van der Waals surface area (Å²) in [6.45, 7) is 1.49. The third-order valence-corrected chi connectivity index (χ3v) is 4.18. The molecule has 0 aliphatic carbocycles. The molecule has 2 aliphatic rings. The van der Waals surface area contributed by atoms with Crippen molar-refractivity contribution in [1.82, 2.24) is 19.6 Å². The van der Waals surface area contributed by atoms with Gasteiger partial charge in [-0.3, -0.25) is 13.6 Å². The first-order valence-electron chi connectivity index (χ1n) is 5.99. The van der Waals surface area contributed by atoms with Gasteiger partial charge in [-0.25, -0.2) is 0 Å². The van der Waals surface area contributed by atoms with Crippen molar-refractivity contribution in [2.24, 2.45) is 0 Å². The first-order chi connectivity index (χ1) is 8.80. The summed E-state index contributed by atoms with van der Waals surface area (Å²) in [6, 6.07) is 0. The van der Waals surface area contributed by atoms with Gasteiger partial charge in [0.15, 0.2) is 0 Å². The second kappa shape index (κ2) is 5.07. The molecular formula is C11H21N4O3P. The van der Waals surface area contributed by atoms with Crippen LogP contribution in [-0.4, -0.2) is 67.2 Å². The van der Waals surface area contributed by atoms with Gasteiger partial charge in [-0.05, 0) is 0 Å². The van der Waals surface area contributed by atoms with E-state index in [4.69, 9.17) is 9.05 Å². The normalized spacial score (nSPS) is 21.3. The molecule has 19 heavy (non-hydrogen) atoms. The van der Waals surface area contributed by atoms with Crippen LogP contribution in [0.5, 0.6) is 0 Å². The Hall–Kier alpha value is -1.17. The second-order valence-corrected chi connectivity index (χ2v) is 6.86. The van der Waals surface area contributed by atoms with E-state index in [1.165, 1.54) is 6.66 Å². The molecule has 0 aromatic rings. The van der Waals surface area contributed by atoms with Crippen molar-refractivity contribution < 1.29 is 13.6 Å². The maximum absolute atomic E-state index is 12.5. The predicted molar refractivity (Wildman–Crippen MR) is 72.6 cm³/mol. The zero-order valence-electron chi connectivity index (χ0n) is 11.9. The largest absolute Gasteiger partial charge is 0.337 e. The fourth-order valence-corrected chi connectivity index (χ4v) is 3.28. The average Bonchev–Trinajstić information content (AvgIpc) is 2.79. The molecule has 0 saturated heterocycles. The third kappa shape index (κ3) is 3.05. The van der Waals surface area contributed by atoms with Crippen molar-refractivity contribution in [1.29, 1.82) is 0 Å². The summed E-state index contributed by atoms with van der Waals surface area (Å²) in [5, 5.41) is 0. The van der Waals surface area contributed by atoms with Crippen LogP contribution in [0.4, 0.5) is 0 Å². The second-order valence-electron chi connectivity index (χ2n) is 4.89. The van der Waals surface area contributed by atoms with E-state index in [-0.39, 0.29) is 0 Å². The van der Waals surface area contributed by atoms with Crippen LogP contribution in [0.3, 0.4) is 0 Å². The first-order valence-corrected chi connectivity index (χ1v) is 7.98. The van der Waals surface area contributed by atoms with Crippen LogP contribution >= 0.6 is 7.60 Å². The molecule has 0 fully saturated rings. The van der Waals surface area contributed by atoms with Crippen LogP contribution in [0.25, 0.3) is 0 Å². The quantitative estimate of drug-likeness (QED) is 0.718. The van der Waals surface area contributed by atoms with Crippen molar-refractivity contribution in [3.63, 3.8) is 0 Å². The third-order valence-electron chi connectivity index (χ3n) is 3.04. The molecule has 0 atom stereocenters. The lowest BCUT2D eigenvalue weighted by Crippen LogP contribution is -2.39. The number of nitrogens with zero attached hydrogens (tertiary/aromatic N) is 4. The Morgan fingerprint density at radius 1 is 0.789 bits per heavy atom. The van der Waals surface area contributed by atoms with Crippen molar-refractivity contribution in [2.45, 2.75) is 12.7 Å². The van der Waals surface area contributed by atoms with Gasteiger partial charge in [-0.1, -0.05) is 0 Å². The predicted octanol–water partition coefficient (Wildman–Crippen LogP) is 1.11. The molecule has 0 saturated carbocycles. The summed E-state index contributed by atoms with van der Waals surface area (Å²) in [6.07, 6.45) is 6.64. The Morgan fingerprint density at radius 3 is 1.32 bits per heavy atom. The molecule has 2 heterocycles. The van der Waals surface area contributed by atoms with Crippen LogP contribution in [0.15, 0.2) is 24.8 Å². The van der Waals surface area contributed by atoms with Crippen molar-refractivity contribution >= 4 is 7.60 Å². The fourth-order valence-electron chi connectivity index (χ4n) is 1.95. The molecule has 2 aliphatic heterocycles. The molecule has 0 aromatic heterocycles. The summed E-state index contributed by atoms with van der Waals surface area (Å²) >= 11 is 0. The minimum atomic E-state index is -3.19. The Labute approximate surface area is 114 Å². The molecule has 8 heteroatoms. The lowest BCUT2D eigenvalue weighted by molar-refractivity contribution is -0.0517. The topological polar surface area (TPSA) is 48.5 Å². The van der Waals surface area contributed by atoms with Crippen LogP contribution in [-0.2, 0) is 13.6 Å². The Morgan fingerprint density at radius 2 is 1.05 bits per heavy atom. The van der Waals surface area contributed by atoms with Crippen LogP contribution in [0.2, 0.25) is 0 Å². The highest BCUT2D eigenvalue weighted by molar-refractivity contribution is 7.53. The lowest BCUT2D eigenvalue weighted by atomic mass is 10.8. The van der Waals surface area contributed by atoms with Gasteiger partial charge in [0.2, 0.25) is 12.7 Å². The van der Waals surface area contributed by atoms with Gasteiger partial charge in [0.1, 0.15) is 0 Å². The van der Waals surface area contributed by atoms with Crippen LogP contribution < -0.4 is 0 Å².